The molecule has 7 rings (SSSR count). The van der Waals surface area contributed by atoms with Crippen molar-refractivity contribution in [2.75, 3.05) is 26.9 Å². The number of hydrogen-bond donors (Lipinski definition) is 2. The van der Waals surface area contributed by atoms with Gasteiger partial charge in [0.2, 0.25) is 0 Å². The summed E-state index contributed by atoms with van der Waals surface area (Å²) >= 11 is 0. The standard InChI is InChI=1S/C21H24N2O4/c1-26-19(25)21-11-27-20(6-7-24)10-23-15(9-16(20)21)18-13(8-17(21)23)12-4-2-3-5-14(12)22-18/h2-5,15-17,22,24H,6-11H2,1H3/t15-,16-,17-,20-,21-/m0/s1. The Bertz CT molecular complexity index is 955. The SMILES string of the molecule is COC(=O)[C@]12CO[C@@]3(CCO)CN4[C@H]1Cc1c([nH]c5ccccc15)[C@@H]4C[C@@H]32. The topological polar surface area (TPSA) is 74.8 Å². The quantitative estimate of drug-likeness (QED) is 0.808. The molecule has 0 radical (unpaired) electrons. The van der Waals surface area contributed by atoms with Crippen LogP contribution in [0.5, 0.6) is 0 Å². The molecule has 27 heavy (non-hydrogen) atoms. The smallest absolute Gasteiger partial charge is 0.316 e. The van der Waals surface area contributed by atoms with E-state index in [-0.39, 0.29) is 30.6 Å². The number of nitrogens with one attached hydrogen (secondary N) is 1. The van der Waals surface area contributed by atoms with Gasteiger partial charge in [-0.1, -0.05) is 18.2 Å². The molecule has 6 bridgehead atoms. The van der Waals surface area contributed by atoms with Crippen molar-refractivity contribution in [3.05, 3.63) is 35.5 Å². The number of ether oxygens (including phenoxy) is 2. The molecule has 0 amide bonds. The van der Waals surface area contributed by atoms with Crippen molar-refractivity contribution in [3.63, 3.8) is 0 Å². The van der Waals surface area contributed by atoms with Crippen LogP contribution < -0.4 is 0 Å². The first-order valence-electron chi connectivity index (χ1n) is 9.83. The molecule has 6 heterocycles. The molecule has 0 aliphatic carbocycles. The minimum Gasteiger partial charge on any atom is -0.468 e. The number of hydrogen-bond acceptors (Lipinski definition) is 5. The van der Waals surface area contributed by atoms with Gasteiger partial charge in [0.25, 0.3) is 0 Å². The van der Waals surface area contributed by atoms with E-state index >= 15 is 0 Å². The Kier molecular flexibility index (Phi) is 3.06. The van der Waals surface area contributed by atoms with Gasteiger partial charge in [-0.05, 0) is 24.5 Å². The Hall–Kier alpha value is -1.89. The van der Waals surface area contributed by atoms with Crippen LogP contribution in [0.15, 0.2) is 24.3 Å². The van der Waals surface area contributed by atoms with Crippen LogP contribution in [0.3, 0.4) is 0 Å². The summed E-state index contributed by atoms with van der Waals surface area (Å²) in [5, 5.41) is 10.9. The first kappa shape index (κ1) is 16.1. The second-order valence-corrected chi connectivity index (χ2v) is 8.62. The van der Waals surface area contributed by atoms with E-state index in [0.29, 0.717) is 13.0 Å². The van der Waals surface area contributed by atoms with Crippen LogP contribution in [0.1, 0.15) is 30.1 Å². The normalized spacial score (nSPS) is 41.0. The highest BCUT2D eigenvalue weighted by molar-refractivity contribution is 5.86. The van der Waals surface area contributed by atoms with Crippen LogP contribution >= 0.6 is 0 Å². The monoisotopic (exact) mass is 368 g/mol. The van der Waals surface area contributed by atoms with Gasteiger partial charge < -0.3 is 19.6 Å². The highest BCUT2D eigenvalue weighted by atomic mass is 16.5. The summed E-state index contributed by atoms with van der Waals surface area (Å²) in [5.74, 6) is -0.0621. The molecular formula is C21H24N2O4. The number of aromatic amines is 1. The van der Waals surface area contributed by atoms with Crippen LogP contribution in [0.4, 0.5) is 0 Å². The van der Waals surface area contributed by atoms with E-state index in [9.17, 15) is 9.90 Å². The lowest BCUT2D eigenvalue weighted by molar-refractivity contribution is -0.190. The number of carbonyl (C=O) groups is 1. The predicted molar refractivity (Wildman–Crippen MR) is 98.2 cm³/mol. The van der Waals surface area contributed by atoms with Crippen molar-refractivity contribution in [3.8, 4) is 0 Å². The Morgan fingerprint density at radius 3 is 3.11 bits per heavy atom. The lowest BCUT2D eigenvalue weighted by atomic mass is 9.53. The fourth-order valence-electron chi connectivity index (χ4n) is 6.79. The number of aliphatic hydroxyl groups is 1. The summed E-state index contributed by atoms with van der Waals surface area (Å²) in [4.78, 5) is 19.2. The van der Waals surface area contributed by atoms with E-state index in [2.05, 4.69) is 34.1 Å². The molecule has 0 spiro atoms. The number of aromatic nitrogens is 1. The molecule has 5 aliphatic heterocycles. The highest BCUT2D eigenvalue weighted by Crippen LogP contribution is 2.65. The number of para-hydroxylation sites is 1. The summed E-state index contributed by atoms with van der Waals surface area (Å²) in [7, 11) is 1.48. The van der Waals surface area contributed by atoms with Crippen molar-refractivity contribution < 1.29 is 19.4 Å². The zero-order valence-corrected chi connectivity index (χ0v) is 15.4. The maximum Gasteiger partial charge on any atom is 0.316 e. The van der Waals surface area contributed by atoms with E-state index in [1.54, 1.807) is 0 Å². The third-order valence-corrected chi connectivity index (χ3v) is 7.84. The Morgan fingerprint density at radius 1 is 1.44 bits per heavy atom. The van der Waals surface area contributed by atoms with Crippen molar-refractivity contribution >= 4 is 16.9 Å². The van der Waals surface area contributed by atoms with Gasteiger partial charge in [-0.15, -0.1) is 0 Å². The molecular weight excluding hydrogens is 344 g/mol. The minimum atomic E-state index is -0.630. The van der Waals surface area contributed by atoms with E-state index < -0.39 is 11.0 Å². The molecule has 2 N–H and O–H groups in total. The number of nitrogens with zero attached hydrogens (tertiary/aromatic N) is 1. The maximum atomic E-state index is 13.1. The summed E-state index contributed by atoms with van der Waals surface area (Å²) in [5.41, 5.74) is 2.76. The van der Waals surface area contributed by atoms with Crippen molar-refractivity contribution in [1.82, 2.24) is 9.88 Å². The van der Waals surface area contributed by atoms with Crippen molar-refractivity contribution in [2.45, 2.75) is 36.9 Å². The highest BCUT2D eigenvalue weighted by Gasteiger charge is 2.74. The van der Waals surface area contributed by atoms with E-state index in [1.165, 1.54) is 29.3 Å². The van der Waals surface area contributed by atoms with Crippen molar-refractivity contribution in [1.29, 1.82) is 0 Å². The number of rotatable bonds is 3. The zero-order valence-electron chi connectivity index (χ0n) is 15.4. The summed E-state index contributed by atoms with van der Waals surface area (Å²) < 4.78 is 11.6. The fraction of sp³-hybridized carbons (Fsp3) is 0.571. The van der Waals surface area contributed by atoms with Gasteiger partial charge >= 0.3 is 5.97 Å². The van der Waals surface area contributed by atoms with Gasteiger partial charge in [0, 0.05) is 48.1 Å². The number of benzene rings is 1. The van der Waals surface area contributed by atoms with Crippen LogP contribution in [0.25, 0.3) is 10.9 Å². The number of piperidine rings is 3. The lowest BCUT2D eigenvalue weighted by Crippen LogP contribution is -2.72. The lowest BCUT2D eigenvalue weighted by Gasteiger charge is -2.63. The second kappa shape index (κ2) is 5.13. The van der Waals surface area contributed by atoms with Gasteiger partial charge in [0.1, 0.15) is 5.41 Å². The van der Waals surface area contributed by atoms with Gasteiger partial charge in [0.15, 0.2) is 0 Å². The predicted octanol–water partition coefficient (Wildman–Crippen LogP) is 1.78. The number of carbonyl (C=O) groups excluding carboxylic acids is 1. The Balaban J connectivity index is 1.55. The van der Waals surface area contributed by atoms with E-state index in [4.69, 9.17) is 9.47 Å². The van der Waals surface area contributed by atoms with Crippen molar-refractivity contribution in [2.24, 2.45) is 11.3 Å². The number of esters is 1. The molecule has 4 saturated heterocycles. The largest absolute Gasteiger partial charge is 0.468 e. The molecule has 142 valence electrons. The van der Waals surface area contributed by atoms with Crippen LogP contribution in [0, 0.1) is 11.3 Å². The first-order valence-corrected chi connectivity index (χ1v) is 9.83. The maximum absolute atomic E-state index is 13.1. The van der Waals surface area contributed by atoms with Gasteiger partial charge in [-0.2, -0.15) is 0 Å². The fourth-order valence-corrected chi connectivity index (χ4v) is 6.79. The van der Waals surface area contributed by atoms with Crippen LogP contribution in [-0.4, -0.2) is 59.5 Å². The summed E-state index contributed by atoms with van der Waals surface area (Å²) in [6.07, 6.45) is 2.28. The summed E-state index contributed by atoms with van der Waals surface area (Å²) in [6.45, 7) is 1.26. The Morgan fingerprint density at radius 2 is 2.30 bits per heavy atom. The third-order valence-electron chi connectivity index (χ3n) is 7.84. The second-order valence-electron chi connectivity index (χ2n) is 8.62. The Labute approximate surface area is 157 Å². The summed E-state index contributed by atoms with van der Waals surface area (Å²) in [6, 6.07) is 8.81. The number of fused-ring (bicyclic) bond motifs is 3. The van der Waals surface area contributed by atoms with Gasteiger partial charge in [-0.3, -0.25) is 9.69 Å². The molecule has 6 atom stereocenters. The molecule has 6 heteroatoms. The molecule has 4 fully saturated rings. The molecule has 1 unspecified atom stereocenters. The average molecular weight is 368 g/mol. The van der Waals surface area contributed by atoms with Crippen LogP contribution in [-0.2, 0) is 20.7 Å². The van der Waals surface area contributed by atoms with E-state index in [0.717, 1.165) is 19.4 Å². The number of H-pyrrole nitrogens is 1. The minimum absolute atomic E-state index is 0.0779. The molecule has 1 aromatic carbocycles. The van der Waals surface area contributed by atoms with Gasteiger partial charge in [0.05, 0.1) is 25.4 Å². The first-order chi connectivity index (χ1) is 13.1. The molecule has 0 saturated carbocycles. The molecule has 1 aromatic heterocycles. The van der Waals surface area contributed by atoms with Gasteiger partial charge in [-0.25, -0.2) is 0 Å². The third kappa shape index (κ3) is 1.71. The van der Waals surface area contributed by atoms with Crippen LogP contribution in [0.2, 0.25) is 0 Å². The van der Waals surface area contributed by atoms with E-state index in [1.807, 2.05) is 0 Å². The molecule has 5 aliphatic rings. The number of aliphatic hydroxyl groups excluding tert-OH is 1. The molecule has 2 aromatic rings. The average Bonchev–Trinajstić information content (AvgIpc) is 3.17. The number of methoxy groups -OCH3 is 1. The molecule has 6 nitrogen and oxygen atoms in total. The zero-order chi connectivity index (χ0) is 18.4.